The fourth-order valence-electron chi connectivity index (χ4n) is 2.51. The van der Waals surface area contributed by atoms with E-state index in [1.165, 1.54) is 0 Å². The van der Waals surface area contributed by atoms with Gasteiger partial charge >= 0.3 is 0 Å². The first-order valence-corrected chi connectivity index (χ1v) is 6.37. The Morgan fingerprint density at radius 3 is 2.72 bits per heavy atom. The number of aliphatic hydroxyl groups is 1. The van der Waals surface area contributed by atoms with Crippen LogP contribution in [-0.2, 0) is 0 Å². The molecule has 1 saturated carbocycles. The van der Waals surface area contributed by atoms with Gasteiger partial charge in [-0.05, 0) is 19.8 Å². The van der Waals surface area contributed by atoms with Crippen molar-refractivity contribution >= 4 is 11.6 Å². The van der Waals surface area contributed by atoms with Crippen molar-refractivity contribution in [2.75, 3.05) is 18.9 Å². The lowest BCUT2D eigenvalue weighted by atomic mass is 10.2. The summed E-state index contributed by atoms with van der Waals surface area (Å²) in [6.07, 6.45) is 4.26. The third kappa shape index (κ3) is 2.33. The normalized spacial score (nSPS) is 16.1. The van der Waals surface area contributed by atoms with Crippen LogP contribution < -0.4 is 5.73 Å². The molecule has 1 aliphatic carbocycles. The Morgan fingerprint density at radius 1 is 1.56 bits per heavy atom. The lowest BCUT2D eigenvalue weighted by Gasteiger charge is -2.27. The number of nitrogen functional groups attached to an aromatic ring is 1. The number of aliphatic hydroxyl groups excluding tert-OH is 1. The summed E-state index contributed by atoms with van der Waals surface area (Å²) in [6, 6.07) is 0.209. The van der Waals surface area contributed by atoms with Crippen molar-refractivity contribution in [1.29, 1.82) is 0 Å². The Kier molecular flexibility index (Phi) is 3.86. The molecule has 100 valence electrons. The number of carbonyl (C=O) groups is 1. The molecule has 0 radical (unpaired) electrons. The van der Waals surface area contributed by atoms with E-state index in [9.17, 15) is 4.79 Å². The van der Waals surface area contributed by atoms with E-state index in [-0.39, 0.29) is 24.2 Å². The number of nitrogens with two attached hydrogens (primary N) is 1. The van der Waals surface area contributed by atoms with E-state index in [2.05, 4.69) is 10.2 Å². The second-order valence-electron chi connectivity index (χ2n) is 4.77. The van der Waals surface area contributed by atoms with Gasteiger partial charge in [-0.2, -0.15) is 5.10 Å². The predicted octanol–water partition coefficient (Wildman–Crippen LogP) is 0.677. The van der Waals surface area contributed by atoms with E-state index < -0.39 is 0 Å². The monoisotopic (exact) mass is 252 g/mol. The Hall–Kier alpha value is -1.56. The van der Waals surface area contributed by atoms with Gasteiger partial charge in [0.1, 0.15) is 0 Å². The number of aryl methyl sites for hydroxylation is 1. The molecule has 6 nitrogen and oxygen atoms in total. The number of carbonyl (C=O) groups excluding carboxylic acids is 1. The zero-order valence-corrected chi connectivity index (χ0v) is 10.6. The molecule has 0 saturated heterocycles. The molecule has 0 aliphatic heterocycles. The zero-order chi connectivity index (χ0) is 13.1. The summed E-state index contributed by atoms with van der Waals surface area (Å²) in [7, 11) is 0. The summed E-state index contributed by atoms with van der Waals surface area (Å²) in [4.78, 5) is 14.1. The third-order valence-electron chi connectivity index (χ3n) is 3.56. The third-order valence-corrected chi connectivity index (χ3v) is 3.56. The van der Waals surface area contributed by atoms with Gasteiger partial charge in [0, 0.05) is 12.6 Å². The first kappa shape index (κ1) is 12.9. The Morgan fingerprint density at radius 2 is 2.22 bits per heavy atom. The van der Waals surface area contributed by atoms with E-state index in [1.54, 1.807) is 11.8 Å². The lowest BCUT2D eigenvalue weighted by Crippen LogP contribution is -2.41. The van der Waals surface area contributed by atoms with E-state index in [1.807, 2.05) is 0 Å². The molecule has 0 spiro atoms. The van der Waals surface area contributed by atoms with Gasteiger partial charge in [0.05, 0.1) is 18.0 Å². The van der Waals surface area contributed by atoms with Crippen molar-refractivity contribution in [3.8, 4) is 0 Å². The summed E-state index contributed by atoms with van der Waals surface area (Å²) < 4.78 is 0. The number of hydrogen-bond donors (Lipinski definition) is 3. The standard InChI is InChI=1S/C12H20N4O2/c1-8-10(13)11(15-14-8)12(18)16(6-7-17)9-4-2-3-5-9/h9,17H,2-7,13H2,1H3,(H,14,15). The van der Waals surface area contributed by atoms with E-state index in [0.29, 0.717) is 17.9 Å². The van der Waals surface area contributed by atoms with Gasteiger partial charge in [-0.15, -0.1) is 0 Å². The highest BCUT2D eigenvalue weighted by Crippen LogP contribution is 2.25. The number of nitrogens with one attached hydrogen (secondary N) is 1. The topological polar surface area (TPSA) is 95.2 Å². The van der Waals surface area contributed by atoms with Crippen molar-refractivity contribution < 1.29 is 9.90 Å². The summed E-state index contributed by atoms with van der Waals surface area (Å²) in [5, 5.41) is 15.8. The average Bonchev–Trinajstić information content (AvgIpc) is 2.98. The van der Waals surface area contributed by atoms with Crippen LogP contribution >= 0.6 is 0 Å². The Bertz CT molecular complexity index is 424. The van der Waals surface area contributed by atoms with Crippen LogP contribution in [0.15, 0.2) is 0 Å². The molecule has 1 aliphatic rings. The van der Waals surface area contributed by atoms with Crippen LogP contribution in [0.1, 0.15) is 41.9 Å². The Labute approximate surface area is 106 Å². The molecular formula is C12H20N4O2. The van der Waals surface area contributed by atoms with Crippen LogP contribution in [0.5, 0.6) is 0 Å². The van der Waals surface area contributed by atoms with Crippen molar-refractivity contribution in [3.05, 3.63) is 11.4 Å². The van der Waals surface area contributed by atoms with Gasteiger partial charge in [-0.1, -0.05) is 12.8 Å². The quantitative estimate of drug-likeness (QED) is 0.734. The van der Waals surface area contributed by atoms with Crippen molar-refractivity contribution in [2.24, 2.45) is 0 Å². The smallest absolute Gasteiger partial charge is 0.276 e. The second kappa shape index (κ2) is 5.39. The highest BCUT2D eigenvalue weighted by atomic mass is 16.3. The van der Waals surface area contributed by atoms with Crippen molar-refractivity contribution in [1.82, 2.24) is 15.1 Å². The molecule has 1 heterocycles. The highest BCUT2D eigenvalue weighted by Gasteiger charge is 2.29. The molecule has 0 unspecified atom stereocenters. The van der Waals surface area contributed by atoms with Crippen LogP contribution in [0.25, 0.3) is 0 Å². The first-order valence-electron chi connectivity index (χ1n) is 6.37. The number of anilines is 1. The summed E-state index contributed by atoms with van der Waals surface area (Å²) in [5.74, 6) is -0.183. The summed E-state index contributed by atoms with van der Waals surface area (Å²) in [5.41, 5.74) is 7.21. The molecule has 0 aromatic carbocycles. The summed E-state index contributed by atoms with van der Waals surface area (Å²) in [6.45, 7) is 2.09. The van der Waals surface area contributed by atoms with Crippen LogP contribution in [0, 0.1) is 6.92 Å². The average molecular weight is 252 g/mol. The van der Waals surface area contributed by atoms with Gasteiger partial charge in [0.2, 0.25) is 0 Å². The number of amides is 1. The minimum absolute atomic E-state index is 0.0362. The van der Waals surface area contributed by atoms with Gasteiger partial charge in [-0.3, -0.25) is 9.89 Å². The molecule has 0 bridgehead atoms. The van der Waals surface area contributed by atoms with Gasteiger partial charge in [0.15, 0.2) is 5.69 Å². The van der Waals surface area contributed by atoms with Crippen molar-refractivity contribution in [3.63, 3.8) is 0 Å². The maximum absolute atomic E-state index is 12.4. The minimum atomic E-state index is -0.183. The Balaban J connectivity index is 2.19. The summed E-state index contributed by atoms with van der Waals surface area (Å²) >= 11 is 0. The molecule has 4 N–H and O–H groups in total. The van der Waals surface area contributed by atoms with Crippen LogP contribution in [0.4, 0.5) is 5.69 Å². The largest absolute Gasteiger partial charge is 0.395 e. The van der Waals surface area contributed by atoms with Gasteiger partial charge < -0.3 is 15.7 Å². The SMILES string of the molecule is Cc1[nH]nc(C(=O)N(CCO)C2CCCC2)c1N. The van der Waals surface area contributed by atoms with Crippen LogP contribution in [0.3, 0.4) is 0 Å². The number of hydrogen-bond acceptors (Lipinski definition) is 4. The van der Waals surface area contributed by atoms with E-state index in [4.69, 9.17) is 10.8 Å². The second-order valence-corrected chi connectivity index (χ2v) is 4.77. The molecular weight excluding hydrogens is 232 g/mol. The van der Waals surface area contributed by atoms with Crippen LogP contribution in [-0.4, -0.2) is 45.3 Å². The van der Waals surface area contributed by atoms with Gasteiger partial charge in [0.25, 0.3) is 5.91 Å². The van der Waals surface area contributed by atoms with Gasteiger partial charge in [-0.25, -0.2) is 0 Å². The fourth-order valence-corrected chi connectivity index (χ4v) is 2.51. The number of nitrogens with zero attached hydrogens (tertiary/aromatic N) is 2. The predicted molar refractivity (Wildman–Crippen MR) is 68.1 cm³/mol. The molecule has 1 aromatic heterocycles. The lowest BCUT2D eigenvalue weighted by molar-refractivity contribution is 0.0633. The number of H-pyrrole nitrogens is 1. The number of rotatable bonds is 4. The maximum Gasteiger partial charge on any atom is 0.276 e. The molecule has 6 heteroatoms. The maximum atomic E-state index is 12.4. The highest BCUT2D eigenvalue weighted by molar-refractivity contribution is 5.97. The van der Waals surface area contributed by atoms with Crippen molar-refractivity contribution in [2.45, 2.75) is 38.6 Å². The fraction of sp³-hybridized carbons (Fsp3) is 0.667. The molecule has 0 atom stereocenters. The van der Waals surface area contributed by atoms with E-state index >= 15 is 0 Å². The molecule has 1 amide bonds. The number of aromatic nitrogens is 2. The number of aromatic amines is 1. The van der Waals surface area contributed by atoms with Crippen LogP contribution in [0.2, 0.25) is 0 Å². The molecule has 2 rings (SSSR count). The minimum Gasteiger partial charge on any atom is -0.395 e. The first-order chi connectivity index (χ1) is 8.65. The zero-order valence-electron chi connectivity index (χ0n) is 10.6. The van der Waals surface area contributed by atoms with E-state index in [0.717, 1.165) is 25.7 Å². The molecule has 1 aromatic rings. The molecule has 1 fully saturated rings. The molecule has 18 heavy (non-hydrogen) atoms.